The van der Waals surface area contributed by atoms with Crippen LogP contribution in [0.15, 0.2) is 71.2 Å². The minimum absolute atomic E-state index is 0.0123. The van der Waals surface area contributed by atoms with E-state index in [1.165, 1.54) is 19.1 Å². The predicted octanol–water partition coefficient (Wildman–Crippen LogP) is 4.47. The molecule has 2 aromatic rings. The summed E-state index contributed by atoms with van der Waals surface area (Å²) < 4.78 is 10.3. The molecule has 1 fully saturated rings. The van der Waals surface area contributed by atoms with Crippen molar-refractivity contribution in [3.63, 3.8) is 0 Å². The van der Waals surface area contributed by atoms with E-state index in [9.17, 15) is 14.9 Å². The lowest BCUT2D eigenvalue weighted by Crippen LogP contribution is -2.42. The number of nitriles is 1. The number of para-hydroxylation sites is 1. The number of carbonyl (C=O) groups is 2. The van der Waals surface area contributed by atoms with Gasteiger partial charge in [-0.05, 0) is 36.5 Å². The molecule has 37 heavy (non-hydrogen) atoms. The highest BCUT2D eigenvalue weighted by molar-refractivity contribution is 6.34. The number of anilines is 2. The summed E-state index contributed by atoms with van der Waals surface area (Å²) in [5.74, 6) is -1.90. The molecule has 0 spiro atoms. The monoisotopic (exact) mass is 520 g/mol. The number of hydrogen-bond donors (Lipinski definition) is 1. The highest BCUT2D eigenvalue weighted by Crippen LogP contribution is 2.47. The second kappa shape index (κ2) is 11.0. The van der Waals surface area contributed by atoms with Gasteiger partial charge in [-0.3, -0.25) is 4.90 Å². The van der Waals surface area contributed by atoms with Crippen molar-refractivity contribution < 1.29 is 19.1 Å². The number of halogens is 1. The number of benzene rings is 2. The molecular weight excluding hydrogens is 492 g/mol. The molecule has 2 N–H and O–H groups in total. The van der Waals surface area contributed by atoms with Crippen molar-refractivity contribution in [1.82, 2.24) is 0 Å². The Bertz CT molecular complexity index is 1310. The summed E-state index contributed by atoms with van der Waals surface area (Å²) in [6.07, 6.45) is 1.95. The standard InChI is InChI=1S/C28H29ClN4O4/c1-17-12-14-32(15-13-17)24-20(29)10-7-11-21(24)33-25(28(35)37-3)23(27(34)36-2)22(19(16-30)26(33)31)18-8-5-4-6-9-18/h4-11,17,22H,12-15,31H2,1-3H3. The number of nitrogens with two attached hydrogens (primary N) is 1. The largest absolute Gasteiger partial charge is 0.466 e. The first-order chi connectivity index (χ1) is 17.8. The minimum Gasteiger partial charge on any atom is -0.466 e. The van der Waals surface area contributed by atoms with Gasteiger partial charge in [0.1, 0.15) is 11.5 Å². The van der Waals surface area contributed by atoms with Gasteiger partial charge in [-0.15, -0.1) is 0 Å². The van der Waals surface area contributed by atoms with Crippen molar-refractivity contribution in [2.24, 2.45) is 11.7 Å². The lowest BCUT2D eigenvalue weighted by Gasteiger charge is -2.40. The van der Waals surface area contributed by atoms with Gasteiger partial charge in [0, 0.05) is 13.1 Å². The van der Waals surface area contributed by atoms with E-state index in [0.717, 1.165) is 25.9 Å². The molecule has 0 radical (unpaired) electrons. The van der Waals surface area contributed by atoms with Gasteiger partial charge in [0.2, 0.25) is 0 Å². The van der Waals surface area contributed by atoms with Crippen LogP contribution in [0.2, 0.25) is 5.02 Å². The zero-order chi connectivity index (χ0) is 26.7. The Morgan fingerprint density at radius 3 is 2.27 bits per heavy atom. The first-order valence-electron chi connectivity index (χ1n) is 12.0. The number of rotatable bonds is 5. The Morgan fingerprint density at radius 2 is 1.68 bits per heavy atom. The van der Waals surface area contributed by atoms with Gasteiger partial charge in [0.15, 0.2) is 0 Å². The van der Waals surface area contributed by atoms with Crippen molar-refractivity contribution in [1.29, 1.82) is 5.26 Å². The minimum atomic E-state index is -0.928. The number of hydrogen-bond acceptors (Lipinski definition) is 8. The average molecular weight is 521 g/mol. The predicted molar refractivity (Wildman–Crippen MR) is 142 cm³/mol. The Labute approximate surface area is 221 Å². The van der Waals surface area contributed by atoms with Crippen molar-refractivity contribution >= 4 is 34.9 Å². The molecular formula is C28H29ClN4O4. The number of piperidine rings is 1. The molecule has 0 aromatic heterocycles. The smallest absolute Gasteiger partial charge is 0.355 e. The normalized spacial score (nSPS) is 18.5. The molecule has 192 valence electrons. The molecule has 4 rings (SSSR count). The van der Waals surface area contributed by atoms with Crippen LogP contribution in [-0.2, 0) is 19.1 Å². The van der Waals surface area contributed by atoms with Crippen LogP contribution in [0, 0.1) is 17.2 Å². The first kappa shape index (κ1) is 26.1. The number of methoxy groups -OCH3 is 2. The zero-order valence-electron chi connectivity index (χ0n) is 21.0. The molecule has 1 saturated heterocycles. The SMILES string of the molecule is COC(=O)C1=C(C(=O)OC)N(c2cccc(Cl)c2N2CCC(C)CC2)C(N)=C(C#N)C1c1ccccc1. The Hall–Kier alpha value is -3.96. The van der Waals surface area contributed by atoms with Crippen LogP contribution < -0.4 is 15.5 Å². The van der Waals surface area contributed by atoms with Crippen LogP contribution in [-0.4, -0.2) is 39.2 Å². The fraction of sp³-hybridized carbons (Fsp3) is 0.321. The lowest BCUT2D eigenvalue weighted by molar-refractivity contribution is -0.139. The van der Waals surface area contributed by atoms with E-state index >= 15 is 0 Å². The summed E-state index contributed by atoms with van der Waals surface area (Å²) in [6, 6.07) is 16.4. The molecule has 2 aliphatic rings. The van der Waals surface area contributed by atoms with E-state index in [-0.39, 0.29) is 22.7 Å². The van der Waals surface area contributed by atoms with Gasteiger partial charge in [0.05, 0.1) is 53.8 Å². The summed E-state index contributed by atoms with van der Waals surface area (Å²) >= 11 is 6.73. The number of esters is 2. The van der Waals surface area contributed by atoms with Crippen molar-refractivity contribution in [2.75, 3.05) is 37.1 Å². The van der Waals surface area contributed by atoms with E-state index < -0.39 is 17.9 Å². The molecule has 1 unspecified atom stereocenters. The summed E-state index contributed by atoms with van der Waals surface area (Å²) in [5.41, 5.74) is 8.38. The van der Waals surface area contributed by atoms with Gasteiger partial charge in [-0.1, -0.05) is 54.9 Å². The second-order valence-corrected chi connectivity index (χ2v) is 9.52. The molecule has 2 heterocycles. The highest BCUT2D eigenvalue weighted by atomic mass is 35.5. The molecule has 8 nitrogen and oxygen atoms in total. The van der Waals surface area contributed by atoms with Crippen LogP contribution in [0.1, 0.15) is 31.2 Å². The van der Waals surface area contributed by atoms with Crippen LogP contribution in [0.3, 0.4) is 0 Å². The molecule has 0 bridgehead atoms. The fourth-order valence-electron chi connectivity index (χ4n) is 4.99. The van der Waals surface area contributed by atoms with Gasteiger partial charge in [0.25, 0.3) is 0 Å². The Morgan fingerprint density at radius 1 is 1.03 bits per heavy atom. The van der Waals surface area contributed by atoms with Gasteiger partial charge in [-0.2, -0.15) is 5.26 Å². The molecule has 2 aromatic carbocycles. The average Bonchev–Trinajstić information content (AvgIpc) is 2.92. The third-order valence-corrected chi connectivity index (χ3v) is 7.22. The van der Waals surface area contributed by atoms with E-state index in [2.05, 4.69) is 17.9 Å². The first-order valence-corrected chi connectivity index (χ1v) is 12.4. The zero-order valence-corrected chi connectivity index (χ0v) is 21.8. The van der Waals surface area contributed by atoms with Crippen LogP contribution >= 0.6 is 11.6 Å². The molecule has 0 aliphatic carbocycles. The lowest BCUT2D eigenvalue weighted by atomic mass is 9.81. The second-order valence-electron chi connectivity index (χ2n) is 9.11. The third kappa shape index (κ3) is 4.75. The summed E-state index contributed by atoms with van der Waals surface area (Å²) in [7, 11) is 2.45. The quantitative estimate of drug-likeness (QED) is 0.575. The number of carbonyl (C=O) groups excluding carboxylic acids is 2. The molecule has 9 heteroatoms. The van der Waals surface area contributed by atoms with Gasteiger partial charge < -0.3 is 20.1 Å². The van der Waals surface area contributed by atoms with E-state index in [4.69, 9.17) is 26.8 Å². The maximum Gasteiger partial charge on any atom is 0.355 e. The Kier molecular flexibility index (Phi) is 7.74. The maximum absolute atomic E-state index is 13.4. The number of allylic oxidation sites excluding steroid dienone is 1. The molecule has 0 saturated carbocycles. The summed E-state index contributed by atoms with van der Waals surface area (Å²) in [6.45, 7) is 3.72. The van der Waals surface area contributed by atoms with Gasteiger partial charge >= 0.3 is 11.9 Å². The van der Waals surface area contributed by atoms with E-state index in [0.29, 0.717) is 27.9 Å². The van der Waals surface area contributed by atoms with Crippen LogP contribution in [0.5, 0.6) is 0 Å². The van der Waals surface area contributed by atoms with Crippen LogP contribution in [0.4, 0.5) is 11.4 Å². The van der Waals surface area contributed by atoms with E-state index in [1.54, 1.807) is 42.5 Å². The molecule has 2 aliphatic heterocycles. The van der Waals surface area contributed by atoms with Crippen molar-refractivity contribution in [3.8, 4) is 6.07 Å². The third-order valence-electron chi connectivity index (χ3n) is 6.92. The van der Waals surface area contributed by atoms with E-state index in [1.807, 2.05) is 6.07 Å². The Balaban J connectivity index is 2.04. The number of ether oxygens (including phenoxy) is 2. The van der Waals surface area contributed by atoms with Crippen molar-refractivity contribution in [2.45, 2.75) is 25.7 Å². The number of nitrogens with zero attached hydrogens (tertiary/aromatic N) is 3. The summed E-state index contributed by atoms with van der Waals surface area (Å²) in [4.78, 5) is 30.2. The maximum atomic E-state index is 13.4. The highest BCUT2D eigenvalue weighted by Gasteiger charge is 2.44. The summed E-state index contributed by atoms with van der Waals surface area (Å²) in [5, 5.41) is 10.7. The molecule has 1 atom stereocenters. The van der Waals surface area contributed by atoms with Crippen LogP contribution in [0.25, 0.3) is 0 Å². The van der Waals surface area contributed by atoms with Crippen molar-refractivity contribution in [3.05, 3.63) is 81.8 Å². The van der Waals surface area contributed by atoms with Gasteiger partial charge in [-0.25, -0.2) is 9.59 Å². The topological polar surface area (TPSA) is 109 Å². The molecule has 0 amide bonds. The fourth-order valence-corrected chi connectivity index (χ4v) is 5.28.